The van der Waals surface area contributed by atoms with Crippen LogP contribution in [0.4, 0.5) is 0 Å². The molecule has 0 spiro atoms. The summed E-state index contributed by atoms with van der Waals surface area (Å²) < 4.78 is 0. The van der Waals surface area contributed by atoms with Crippen molar-refractivity contribution in [3.05, 3.63) is 18.1 Å². The van der Waals surface area contributed by atoms with Gasteiger partial charge >= 0.3 is 0 Å². The first-order valence-corrected chi connectivity index (χ1v) is 7.09. The third kappa shape index (κ3) is 3.68. The number of carbonyl (C=O) groups excluding carboxylic acids is 1. The number of nitrogens with two attached hydrogens (primary N) is 1. The van der Waals surface area contributed by atoms with Gasteiger partial charge in [0.25, 0.3) is 0 Å². The number of thioether (sulfide) groups is 1. The Bertz CT molecular complexity index is 409. The van der Waals surface area contributed by atoms with E-state index >= 15 is 0 Å². The van der Waals surface area contributed by atoms with E-state index in [2.05, 4.69) is 9.97 Å². The highest BCUT2D eigenvalue weighted by Crippen LogP contribution is 2.17. The fourth-order valence-corrected chi connectivity index (χ4v) is 2.09. The van der Waals surface area contributed by atoms with E-state index in [9.17, 15) is 4.79 Å². The van der Waals surface area contributed by atoms with Crippen molar-refractivity contribution in [3.63, 3.8) is 0 Å². The van der Waals surface area contributed by atoms with E-state index < -0.39 is 6.04 Å². The Morgan fingerprint density at radius 2 is 2.00 bits per heavy atom. The summed E-state index contributed by atoms with van der Waals surface area (Å²) in [5.74, 6) is -0.0669. The number of hydrogen-bond donors (Lipinski definition) is 1. The Kier molecular flexibility index (Phi) is 5.55. The van der Waals surface area contributed by atoms with Crippen LogP contribution in [0.2, 0.25) is 0 Å². The standard InChI is InChI=1S/C12H20N4OS/c1-8(2)16(12(17)9(3)13)7-10-11(18-4)15-6-5-14-10/h5-6,8-9H,7,13H2,1-4H3. The Morgan fingerprint density at radius 1 is 1.39 bits per heavy atom. The minimum atomic E-state index is -0.498. The van der Waals surface area contributed by atoms with Crippen molar-refractivity contribution in [2.75, 3.05) is 6.26 Å². The van der Waals surface area contributed by atoms with E-state index in [1.54, 1.807) is 24.2 Å². The highest BCUT2D eigenvalue weighted by atomic mass is 32.2. The van der Waals surface area contributed by atoms with Crippen LogP contribution >= 0.6 is 11.8 Å². The van der Waals surface area contributed by atoms with Crippen molar-refractivity contribution >= 4 is 17.7 Å². The third-order valence-electron chi connectivity index (χ3n) is 2.55. The van der Waals surface area contributed by atoms with Crippen molar-refractivity contribution in [3.8, 4) is 0 Å². The summed E-state index contributed by atoms with van der Waals surface area (Å²) >= 11 is 1.53. The van der Waals surface area contributed by atoms with Gasteiger partial charge in [-0.2, -0.15) is 0 Å². The maximum atomic E-state index is 12.0. The monoisotopic (exact) mass is 268 g/mol. The lowest BCUT2D eigenvalue weighted by Gasteiger charge is -2.28. The van der Waals surface area contributed by atoms with Crippen LogP contribution in [0.1, 0.15) is 26.5 Å². The smallest absolute Gasteiger partial charge is 0.239 e. The van der Waals surface area contributed by atoms with E-state index in [4.69, 9.17) is 5.73 Å². The van der Waals surface area contributed by atoms with Gasteiger partial charge in [-0.25, -0.2) is 4.98 Å². The van der Waals surface area contributed by atoms with Crippen LogP contribution in [-0.2, 0) is 11.3 Å². The Balaban J connectivity index is 2.93. The predicted octanol–water partition coefficient (Wildman–Crippen LogP) is 1.28. The molecule has 5 nitrogen and oxygen atoms in total. The van der Waals surface area contributed by atoms with Crippen LogP contribution < -0.4 is 5.73 Å². The van der Waals surface area contributed by atoms with Crippen molar-refractivity contribution in [2.45, 2.75) is 44.4 Å². The minimum Gasteiger partial charge on any atom is -0.333 e. The third-order valence-corrected chi connectivity index (χ3v) is 3.27. The number of aromatic nitrogens is 2. The fraction of sp³-hybridized carbons (Fsp3) is 0.583. The van der Waals surface area contributed by atoms with Gasteiger partial charge in [0, 0.05) is 18.4 Å². The zero-order valence-electron chi connectivity index (χ0n) is 11.3. The first kappa shape index (κ1) is 14.9. The van der Waals surface area contributed by atoms with Crippen LogP contribution in [0, 0.1) is 0 Å². The maximum Gasteiger partial charge on any atom is 0.239 e. The number of hydrogen-bond acceptors (Lipinski definition) is 5. The molecule has 0 radical (unpaired) electrons. The number of nitrogens with zero attached hydrogens (tertiary/aromatic N) is 3. The van der Waals surface area contributed by atoms with Gasteiger partial charge in [-0.15, -0.1) is 11.8 Å². The Labute approximate surface area is 112 Å². The second-order valence-electron chi connectivity index (χ2n) is 4.36. The number of carbonyl (C=O) groups is 1. The van der Waals surface area contributed by atoms with Crippen LogP contribution in [-0.4, -0.2) is 39.1 Å². The summed E-state index contributed by atoms with van der Waals surface area (Å²) in [6.07, 6.45) is 5.24. The lowest BCUT2D eigenvalue weighted by molar-refractivity contribution is -0.134. The molecule has 1 atom stereocenters. The quantitative estimate of drug-likeness (QED) is 0.815. The molecule has 18 heavy (non-hydrogen) atoms. The van der Waals surface area contributed by atoms with E-state index in [-0.39, 0.29) is 11.9 Å². The molecule has 0 fully saturated rings. The molecule has 0 aliphatic carbocycles. The average Bonchev–Trinajstić information content (AvgIpc) is 2.35. The van der Waals surface area contributed by atoms with Gasteiger partial charge in [-0.1, -0.05) is 0 Å². The summed E-state index contributed by atoms with van der Waals surface area (Å²) in [5.41, 5.74) is 6.48. The molecule has 1 aromatic heterocycles. The van der Waals surface area contributed by atoms with Crippen molar-refractivity contribution in [2.24, 2.45) is 5.73 Å². The number of amides is 1. The summed E-state index contributed by atoms with van der Waals surface area (Å²) in [6.45, 7) is 6.08. The van der Waals surface area contributed by atoms with E-state index in [1.807, 2.05) is 20.1 Å². The lowest BCUT2D eigenvalue weighted by atomic mass is 10.2. The molecule has 1 heterocycles. The van der Waals surface area contributed by atoms with Gasteiger partial charge in [0.05, 0.1) is 18.3 Å². The van der Waals surface area contributed by atoms with Gasteiger partial charge in [0.15, 0.2) is 0 Å². The zero-order chi connectivity index (χ0) is 13.7. The SMILES string of the molecule is CSc1nccnc1CN(C(=O)C(C)N)C(C)C. The highest BCUT2D eigenvalue weighted by molar-refractivity contribution is 7.98. The number of rotatable bonds is 5. The molecule has 2 N–H and O–H groups in total. The summed E-state index contributed by atoms with van der Waals surface area (Å²) in [4.78, 5) is 22.3. The fourth-order valence-electron chi connectivity index (χ4n) is 1.57. The largest absolute Gasteiger partial charge is 0.333 e. The van der Waals surface area contributed by atoms with Gasteiger partial charge < -0.3 is 10.6 Å². The van der Waals surface area contributed by atoms with Crippen molar-refractivity contribution in [1.82, 2.24) is 14.9 Å². The molecule has 1 aromatic rings. The van der Waals surface area contributed by atoms with Gasteiger partial charge in [-0.05, 0) is 27.0 Å². The zero-order valence-corrected chi connectivity index (χ0v) is 12.1. The molecule has 100 valence electrons. The minimum absolute atomic E-state index is 0.0669. The molecule has 0 saturated heterocycles. The first-order chi connectivity index (χ1) is 8.47. The lowest BCUT2D eigenvalue weighted by Crippen LogP contribution is -2.45. The molecule has 0 bridgehead atoms. The molecule has 1 rings (SSSR count). The van der Waals surface area contributed by atoms with Crippen LogP contribution in [0.25, 0.3) is 0 Å². The second-order valence-corrected chi connectivity index (χ2v) is 5.16. The Morgan fingerprint density at radius 3 is 2.50 bits per heavy atom. The second kappa shape index (κ2) is 6.70. The molecule has 6 heteroatoms. The van der Waals surface area contributed by atoms with Crippen LogP contribution in [0.5, 0.6) is 0 Å². The summed E-state index contributed by atoms with van der Waals surface area (Å²) in [5, 5.41) is 0.848. The first-order valence-electron chi connectivity index (χ1n) is 5.87. The van der Waals surface area contributed by atoms with Crippen LogP contribution in [0.3, 0.4) is 0 Å². The average molecular weight is 268 g/mol. The molecule has 0 saturated carbocycles. The predicted molar refractivity (Wildman–Crippen MR) is 73.1 cm³/mol. The van der Waals surface area contributed by atoms with E-state index in [1.165, 1.54) is 11.8 Å². The van der Waals surface area contributed by atoms with Crippen LogP contribution in [0.15, 0.2) is 17.4 Å². The highest BCUT2D eigenvalue weighted by Gasteiger charge is 2.22. The normalized spacial score (nSPS) is 12.6. The van der Waals surface area contributed by atoms with E-state index in [0.717, 1.165) is 10.7 Å². The van der Waals surface area contributed by atoms with Crippen molar-refractivity contribution in [1.29, 1.82) is 0 Å². The molecular formula is C12H20N4OS. The summed E-state index contributed by atoms with van der Waals surface area (Å²) in [7, 11) is 0. The van der Waals surface area contributed by atoms with Crippen molar-refractivity contribution < 1.29 is 4.79 Å². The summed E-state index contributed by atoms with van der Waals surface area (Å²) in [6, 6.07) is -0.415. The Hall–Kier alpha value is -1.14. The molecule has 1 amide bonds. The molecule has 0 aliphatic rings. The maximum absolute atomic E-state index is 12.0. The van der Waals surface area contributed by atoms with Gasteiger partial charge in [0.2, 0.25) is 5.91 Å². The van der Waals surface area contributed by atoms with Gasteiger partial charge in [0.1, 0.15) is 5.03 Å². The molecule has 0 aromatic carbocycles. The molecular weight excluding hydrogens is 248 g/mol. The molecule has 0 aliphatic heterocycles. The van der Waals surface area contributed by atoms with E-state index in [0.29, 0.717) is 6.54 Å². The van der Waals surface area contributed by atoms with Gasteiger partial charge in [-0.3, -0.25) is 9.78 Å². The molecule has 1 unspecified atom stereocenters. The topological polar surface area (TPSA) is 72.1 Å².